The Bertz CT molecular complexity index is 841. The summed E-state index contributed by atoms with van der Waals surface area (Å²) in [6.07, 6.45) is 0.264. The first kappa shape index (κ1) is 20.1. The number of carboxylic acids is 1. The van der Waals surface area contributed by atoms with Crippen molar-refractivity contribution in [1.29, 1.82) is 0 Å². The van der Waals surface area contributed by atoms with Crippen molar-refractivity contribution < 1.29 is 33.8 Å². The first-order valence-electron chi connectivity index (χ1n) is 8.73. The van der Waals surface area contributed by atoms with Crippen LogP contribution in [0.2, 0.25) is 0 Å². The topological polar surface area (TPSA) is 141 Å². The van der Waals surface area contributed by atoms with Crippen LogP contribution in [-0.2, 0) is 25.6 Å². The van der Waals surface area contributed by atoms with Crippen molar-refractivity contribution in [3.63, 3.8) is 0 Å². The van der Waals surface area contributed by atoms with Gasteiger partial charge in [-0.25, -0.2) is 19.1 Å². The SMILES string of the molecule is CCOC(=O)c1nnn(C[C@]2(C)S[C@H]3CC(=O)N3[C@H]2C(=O)O)c1C(=O)OCC. The lowest BCUT2D eigenvalue weighted by molar-refractivity contribution is -0.157. The molecule has 1 aromatic rings. The maximum atomic E-state index is 12.4. The molecule has 3 atom stereocenters. The van der Waals surface area contributed by atoms with Crippen molar-refractivity contribution in [1.82, 2.24) is 19.9 Å². The van der Waals surface area contributed by atoms with Gasteiger partial charge in [0.05, 0.1) is 36.3 Å². The number of carbonyl (C=O) groups is 4. The number of amides is 1. The van der Waals surface area contributed by atoms with E-state index in [9.17, 15) is 24.3 Å². The van der Waals surface area contributed by atoms with Crippen molar-refractivity contribution in [2.24, 2.45) is 0 Å². The highest BCUT2D eigenvalue weighted by atomic mass is 32.2. The summed E-state index contributed by atoms with van der Waals surface area (Å²) in [7, 11) is 0. The van der Waals surface area contributed by atoms with Crippen LogP contribution in [-0.4, -0.2) is 78.2 Å². The number of thioether (sulfide) groups is 1. The second-order valence-electron chi connectivity index (χ2n) is 6.52. The zero-order valence-electron chi connectivity index (χ0n) is 15.6. The number of esters is 2. The number of hydrogen-bond donors (Lipinski definition) is 1. The molecule has 0 saturated carbocycles. The van der Waals surface area contributed by atoms with E-state index >= 15 is 0 Å². The zero-order chi connectivity index (χ0) is 20.6. The summed E-state index contributed by atoms with van der Waals surface area (Å²) < 4.78 is 10.1. The quantitative estimate of drug-likeness (QED) is 0.486. The van der Waals surface area contributed by atoms with Gasteiger partial charge in [-0.15, -0.1) is 16.9 Å². The Balaban J connectivity index is 1.97. The lowest BCUT2D eigenvalue weighted by Gasteiger charge is -2.36. The Morgan fingerprint density at radius 1 is 1.25 bits per heavy atom. The molecule has 0 aromatic carbocycles. The molecule has 2 fully saturated rings. The van der Waals surface area contributed by atoms with Crippen LogP contribution in [0.3, 0.4) is 0 Å². The summed E-state index contributed by atoms with van der Waals surface area (Å²) in [6.45, 7) is 5.00. The number of aromatic nitrogens is 3. The number of hydrogen-bond acceptors (Lipinski definition) is 9. The van der Waals surface area contributed by atoms with Crippen molar-refractivity contribution in [2.45, 2.75) is 49.9 Å². The summed E-state index contributed by atoms with van der Waals surface area (Å²) >= 11 is 1.33. The van der Waals surface area contributed by atoms with Gasteiger partial charge in [-0.05, 0) is 20.8 Å². The maximum absolute atomic E-state index is 12.4. The van der Waals surface area contributed by atoms with E-state index in [-0.39, 0.29) is 48.8 Å². The zero-order valence-corrected chi connectivity index (χ0v) is 16.4. The van der Waals surface area contributed by atoms with Gasteiger partial charge in [0, 0.05) is 0 Å². The smallest absolute Gasteiger partial charge is 0.361 e. The van der Waals surface area contributed by atoms with Crippen LogP contribution in [0.1, 0.15) is 48.2 Å². The standard InChI is InChI=1S/C16H20N4O7S/c1-4-26-14(24)10-11(15(25)27-5-2)19(18-17-10)7-16(3)12(13(22)23)20-8(21)6-9(20)28-16/h9,12H,4-7H2,1-3H3,(H,22,23)/t9-,12-,16-/m0/s1. The normalized spacial score (nSPS) is 25.8. The Hall–Kier alpha value is -2.63. The molecule has 0 spiro atoms. The van der Waals surface area contributed by atoms with E-state index in [0.717, 1.165) is 4.68 Å². The molecule has 2 saturated heterocycles. The molecule has 0 aliphatic carbocycles. The minimum Gasteiger partial charge on any atom is -0.480 e. The average Bonchev–Trinajstić information content (AvgIpc) is 3.12. The monoisotopic (exact) mass is 412 g/mol. The molecule has 0 radical (unpaired) electrons. The Labute approximate surface area is 164 Å². The highest BCUT2D eigenvalue weighted by molar-refractivity contribution is 8.01. The fraction of sp³-hybridized carbons (Fsp3) is 0.625. The highest BCUT2D eigenvalue weighted by Crippen LogP contribution is 2.51. The maximum Gasteiger partial charge on any atom is 0.361 e. The van der Waals surface area contributed by atoms with Crippen LogP contribution in [0, 0.1) is 0 Å². The molecule has 0 bridgehead atoms. The van der Waals surface area contributed by atoms with Crippen LogP contribution >= 0.6 is 11.8 Å². The van der Waals surface area contributed by atoms with E-state index in [1.54, 1.807) is 20.8 Å². The second-order valence-corrected chi connectivity index (χ2v) is 8.23. The Morgan fingerprint density at radius 3 is 2.46 bits per heavy atom. The molecular weight excluding hydrogens is 392 g/mol. The second kappa shape index (κ2) is 7.41. The molecule has 1 amide bonds. The Kier molecular flexibility index (Phi) is 5.33. The third-order valence-electron chi connectivity index (χ3n) is 4.58. The Morgan fingerprint density at radius 2 is 1.89 bits per heavy atom. The molecule has 0 unspecified atom stereocenters. The first-order chi connectivity index (χ1) is 13.2. The van der Waals surface area contributed by atoms with Gasteiger partial charge in [0.2, 0.25) is 11.6 Å². The largest absolute Gasteiger partial charge is 0.480 e. The number of carboxylic acid groups (broad SMARTS) is 1. The molecule has 28 heavy (non-hydrogen) atoms. The third kappa shape index (κ3) is 3.21. The van der Waals surface area contributed by atoms with Gasteiger partial charge in [0.15, 0.2) is 5.69 Å². The van der Waals surface area contributed by atoms with Gasteiger partial charge < -0.3 is 19.5 Å². The van der Waals surface area contributed by atoms with Gasteiger partial charge in [-0.1, -0.05) is 5.21 Å². The number of β-lactam (4-membered cyclic amide) rings is 1. The number of fused-ring (bicyclic) bond motifs is 1. The van der Waals surface area contributed by atoms with Crippen LogP contribution in [0.4, 0.5) is 0 Å². The minimum absolute atomic E-state index is 0.0601. The predicted octanol–water partition coefficient (Wildman–Crippen LogP) is 0.149. The molecule has 1 N–H and O–H groups in total. The number of aliphatic carboxylic acids is 1. The molecule has 11 nitrogen and oxygen atoms in total. The number of rotatable bonds is 7. The van der Waals surface area contributed by atoms with E-state index in [4.69, 9.17) is 9.47 Å². The highest BCUT2D eigenvalue weighted by Gasteiger charge is 2.61. The summed E-state index contributed by atoms with van der Waals surface area (Å²) in [5.74, 6) is -3.01. The molecule has 152 valence electrons. The van der Waals surface area contributed by atoms with Crippen LogP contribution < -0.4 is 0 Å². The fourth-order valence-electron chi connectivity index (χ4n) is 3.44. The lowest BCUT2D eigenvalue weighted by atomic mass is 9.96. The molecule has 12 heteroatoms. The van der Waals surface area contributed by atoms with Gasteiger partial charge in [-0.3, -0.25) is 4.79 Å². The summed E-state index contributed by atoms with van der Waals surface area (Å²) in [4.78, 5) is 49.6. The number of nitrogens with zero attached hydrogens (tertiary/aromatic N) is 4. The summed E-state index contributed by atoms with van der Waals surface area (Å²) in [6, 6.07) is -1.09. The van der Waals surface area contributed by atoms with Crippen molar-refractivity contribution >= 4 is 35.6 Å². The minimum atomic E-state index is -1.14. The summed E-state index contributed by atoms with van der Waals surface area (Å²) in [5.41, 5.74) is -0.495. The molecule has 2 aliphatic rings. The van der Waals surface area contributed by atoms with E-state index in [0.29, 0.717) is 0 Å². The molecule has 2 aliphatic heterocycles. The first-order valence-corrected chi connectivity index (χ1v) is 9.61. The third-order valence-corrected chi connectivity index (χ3v) is 6.14. The van der Waals surface area contributed by atoms with Crippen molar-refractivity contribution in [2.75, 3.05) is 13.2 Å². The molecule has 3 rings (SSSR count). The van der Waals surface area contributed by atoms with Crippen LogP contribution in [0.15, 0.2) is 0 Å². The van der Waals surface area contributed by atoms with E-state index < -0.39 is 28.7 Å². The summed E-state index contributed by atoms with van der Waals surface area (Å²) in [5, 5.41) is 17.1. The van der Waals surface area contributed by atoms with E-state index in [2.05, 4.69) is 10.3 Å². The lowest BCUT2D eigenvalue weighted by Crippen LogP contribution is -2.58. The fourth-order valence-corrected chi connectivity index (χ4v) is 5.18. The van der Waals surface area contributed by atoms with Gasteiger partial charge >= 0.3 is 17.9 Å². The molecule has 3 heterocycles. The van der Waals surface area contributed by atoms with Crippen LogP contribution in [0.25, 0.3) is 0 Å². The van der Waals surface area contributed by atoms with Gasteiger partial charge in [-0.2, -0.15) is 0 Å². The predicted molar refractivity (Wildman–Crippen MR) is 94.6 cm³/mol. The van der Waals surface area contributed by atoms with E-state index in [1.807, 2.05) is 0 Å². The van der Waals surface area contributed by atoms with Gasteiger partial charge in [0.25, 0.3) is 0 Å². The average molecular weight is 412 g/mol. The van der Waals surface area contributed by atoms with Crippen molar-refractivity contribution in [3.8, 4) is 0 Å². The number of ether oxygens (including phenoxy) is 2. The van der Waals surface area contributed by atoms with Crippen molar-refractivity contribution in [3.05, 3.63) is 11.4 Å². The molecule has 1 aromatic heterocycles. The molecular formula is C16H20N4O7S. The van der Waals surface area contributed by atoms with E-state index in [1.165, 1.54) is 16.7 Å². The van der Waals surface area contributed by atoms with Crippen LogP contribution in [0.5, 0.6) is 0 Å². The number of carbonyl (C=O) groups excluding carboxylic acids is 3. The van der Waals surface area contributed by atoms with Gasteiger partial charge in [0.1, 0.15) is 6.04 Å².